The van der Waals surface area contributed by atoms with Gasteiger partial charge in [-0.1, -0.05) is 13.3 Å². The van der Waals surface area contributed by atoms with Crippen LogP contribution in [0.5, 0.6) is 0 Å². The summed E-state index contributed by atoms with van der Waals surface area (Å²) in [5.41, 5.74) is 4.38. The summed E-state index contributed by atoms with van der Waals surface area (Å²) in [7, 11) is -5.28. The highest BCUT2D eigenvalue weighted by atomic mass is 32.2. The van der Waals surface area contributed by atoms with Crippen molar-refractivity contribution in [2.24, 2.45) is 11.7 Å². The van der Waals surface area contributed by atoms with Gasteiger partial charge in [0.2, 0.25) is 0 Å². The molecule has 2 heterocycles. The number of carboxylic acids is 1. The van der Waals surface area contributed by atoms with Crippen LogP contribution in [0, 0.1) is 5.92 Å². The van der Waals surface area contributed by atoms with E-state index in [4.69, 9.17) is 15.8 Å². The Hall–Kier alpha value is -0.755. The molecule has 0 aromatic carbocycles. The van der Waals surface area contributed by atoms with Gasteiger partial charge in [0.15, 0.2) is 0 Å². The van der Waals surface area contributed by atoms with Crippen LogP contribution in [0.3, 0.4) is 0 Å². The van der Waals surface area contributed by atoms with E-state index in [-0.39, 0.29) is 25.5 Å². The molecule has 0 aromatic heterocycles. The Morgan fingerprint density at radius 2 is 2.08 bits per heavy atom. The summed E-state index contributed by atoms with van der Waals surface area (Å²) < 4.78 is 28.4. The number of nitrogens with two attached hydrogens (primary N) is 1. The van der Waals surface area contributed by atoms with Crippen LogP contribution in [0.4, 0.5) is 0 Å². The van der Waals surface area contributed by atoms with Gasteiger partial charge < -0.3 is 26.2 Å². The second-order valence-corrected chi connectivity index (χ2v) is 8.65. The SMILES string of the molecule is CCN(C1CNC1)S(=O)(=O)N1C[C@H](CCCB(O)O)[C@](N)(C(=O)O)C1. The van der Waals surface area contributed by atoms with Gasteiger partial charge >= 0.3 is 13.1 Å². The predicted molar refractivity (Wildman–Crippen MR) is 91.8 cm³/mol. The summed E-state index contributed by atoms with van der Waals surface area (Å²) in [6.07, 6.45) is 0.754. The second kappa shape index (κ2) is 7.86. The highest BCUT2D eigenvalue weighted by Gasteiger charge is 2.53. The summed E-state index contributed by atoms with van der Waals surface area (Å²) in [6, 6.07) is -0.129. The lowest BCUT2D eigenvalue weighted by Gasteiger charge is -2.38. The summed E-state index contributed by atoms with van der Waals surface area (Å²) >= 11 is 0. The Morgan fingerprint density at radius 3 is 2.52 bits per heavy atom. The molecule has 0 spiro atoms. The second-order valence-electron chi connectivity index (χ2n) is 6.77. The van der Waals surface area contributed by atoms with E-state index in [0.29, 0.717) is 32.5 Å². The molecule has 2 saturated heterocycles. The van der Waals surface area contributed by atoms with Gasteiger partial charge in [-0.25, -0.2) is 0 Å². The van der Waals surface area contributed by atoms with Crippen LogP contribution in [0.25, 0.3) is 0 Å². The Balaban J connectivity index is 2.15. The standard InChI is InChI=1S/C13H27BN4O6S/c1-2-18(11-6-16-7-11)25(23,24)17-8-10(4-3-5-14(21)22)13(15,9-17)12(19)20/h10-11,16,21-22H,2-9,15H2,1H3,(H,19,20)/t10-,13-/m0/s1. The fourth-order valence-corrected chi connectivity index (χ4v) is 5.34. The zero-order valence-corrected chi connectivity index (χ0v) is 15.2. The molecule has 0 saturated carbocycles. The number of rotatable bonds is 9. The molecule has 2 rings (SSSR count). The Morgan fingerprint density at radius 1 is 1.44 bits per heavy atom. The third-order valence-corrected chi connectivity index (χ3v) is 7.18. The van der Waals surface area contributed by atoms with Gasteiger partial charge in [0.25, 0.3) is 10.2 Å². The van der Waals surface area contributed by atoms with E-state index in [2.05, 4.69) is 5.32 Å². The van der Waals surface area contributed by atoms with Crippen LogP contribution in [-0.4, -0.2) is 89.6 Å². The lowest BCUT2D eigenvalue weighted by atomic mass is 9.78. The quantitative estimate of drug-likeness (QED) is 0.276. The van der Waals surface area contributed by atoms with Gasteiger partial charge in [-0.05, 0) is 12.7 Å². The highest BCUT2D eigenvalue weighted by Crippen LogP contribution is 2.33. The van der Waals surface area contributed by atoms with Gasteiger partial charge in [0, 0.05) is 38.6 Å². The van der Waals surface area contributed by atoms with E-state index < -0.39 is 34.8 Å². The number of nitrogens with zero attached hydrogens (tertiary/aromatic N) is 2. The molecule has 0 aromatic rings. The van der Waals surface area contributed by atoms with Crippen molar-refractivity contribution in [3.05, 3.63) is 0 Å². The van der Waals surface area contributed by atoms with E-state index in [0.717, 1.165) is 4.31 Å². The Labute approximate surface area is 148 Å². The minimum absolute atomic E-state index is 0.0172. The molecule has 6 N–H and O–H groups in total. The highest BCUT2D eigenvalue weighted by molar-refractivity contribution is 7.86. The van der Waals surface area contributed by atoms with Crippen molar-refractivity contribution in [1.29, 1.82) is 0 Å². The van der Waals surface area contributed by atoms with E-state index in [1.165, 1.54) is 4.31 Å². The van der Waals surface area contributed by atoms with Crippen LogP contribution < -0.4 is 11.1 Å². The number of hydrogen-bond acceptors (Lipinski definition) is 7. The maximum Gasteiger partial charge on any atom is 0.451 e. The van der Waals surface area contributed by atoms with Crippen molar-refractivity contribution in [2.75, 3.05) is 32.7 Å². The minimum Gasteiger partial charge on any atom is -0.480 e. The number of likely N-dealkylation sites (N-methyl/N-ethyl adjacent to an activating group) is 1. The third-order valence-electron chi connectivity index (χ3n) is 5.11. The molecule has 0 aliphatic carbocycles. The summed E-state index contributed by atoms with van der Waals surface area (Å²) in [5.74, 6) is -1.83. The molecule has 2 aliphatic heterocycles. The van der Waals surface area contributed by atoms with Gasteiger partial charge in [-0.15, -0.1) is 0 Å². The number of nitrogens with one attached hydrogen (secondary N) is 1. The Kier molecular flexibility index (Phi) is 6.47. The predicted octanol–water partition coefficient (Wildman–Crippen LogP) is -2.51. The average Bonchev–Trinajstić information content (AvgIpc) is 2.81. The lowest BCUT2D eigenvalue weighted by molar-refractivity contribution is -0.144. The first-order chi connectivity index (χ1) is 11.6. The van der Waals surface area contributed by atoms with Crippen LogP contribution in [0.15, 0.2) is 0 Å². The number of hydrogen-bond donors (Lipinski definition) is 5. The van der Waals surface area contributed by atoms with E-state index in [9.17, 15) is 18.3 Å². The first kappa shape index (κ1) is 20.6. The van der Waals surface area contributed by atoms with Crippen LogP contribution >= 0.6 is 0 Å². The van der Waals surface area contributed by atoms with Crippen molar-refractivity contribution in [3.63, 3.8) is 0 Å². The molecule has 2 aliphatic rings. The average molecular weight is 378 g/mol. The van der Waals surface area contributed by atoms with Gasteiger partial charge in [0.1, 0.15) is 5.54 Å². The van der Waals surface area contributed by atoms with Crippen molar-refractivity contribution < 1.29 is 28.4 Å². The van der Waals surface area contributed by atoms with Crippen LogP contribution in [-0.2, 0) is 15.0 Å². The monoisotopic (exact) mass is 378 g/mol. The smallest absolute Gasteiger partial charge is 0.451 e. The van der Waals surface area contributed by atoms with E-state index in [1.807, 2.05) is 0 Å². The molecule has 10 nitrogen and oxygen atoms in total. The van der Waals surface area contributed by atoms with Crippen LogP contribution in [0.2, 0.25) is 6.32 Å². The van der Waals surface area contributed by atoms with Crippen molar-refractivity contribution in [3.8, 4) is 0 Å². The summed E-state index contributed by atoms with van der Waals surface area (Å²) in [5, 5.41) is 30.4. The molecule has 144 valence electrons. The molecule has 2 atom stereocenters. The fourth-order valence-electron chi connectivity index (χ4n) is 3.44. The Bertz CT molecular complexity index is 587. The van der Waals surface area contributed by atoms with Crippen LogP contribution in [0.1, 0.15) is 19.8 Å². The first-order valence-electron chi connectivity index (χ1n) is 8.49. The largest absolute Gasteiger partial charge is 0.480 e. The minimum atomic E-state index is -3.81. The molecule has 25 heavy (non-hydrogen) atoms. The van der Waals surface area contributed by atoms with Gasteiger partial charge in [-0.3, -0.25) is 4.79 Å². The molecular formula is C13H27BN4O6S. The fraction of sp³-hybridized carbons (Fsp3) is 0.923. The maximum atomic E-state index is 12.9. The lowest BCUT2D eigenvalue weighted by Crippen LogP contribution is -2.61. The summed E-state index contributed by atoms with van der Waals surface area (Å²) in [4.78, 5) is 11.7. The molecule has 0 bridgehead atoms. The van der Waals surface area contributed by atoms with E-state index >= 15 is 0 Å². The number of carbonyl (C=O) groups is 1. The topological polar surface area (TPSA) is 156 Å². The van der Waals surface area contributed by atoms with Crippen molar-refractivity contribution in [2.45, 2.75) is 37.7 Å². The summed E-state index contributed by atoms with van der Waals surface area (Å²) in [6.45, 7) is 2.93. The molecule has 2 fully saturated rings. The zero-order valence-electron chi connectivity index (χ0n) is 14.3. The van der Waals surface area contributed by atoms with Gasteiger partial charge in [-0.2, -0.15) is 17.0 Å². The van der Waals surface area contributed by atoms with E-state index in [1.54, 1.807) is 6.92 Å². The van der Waals surface area contributed by atoms with Crippen molar-refractivity contribution in [1.82, 2.24) is 13.9 Å². The maximum absolute atomic E-state index is 12.9. The molecule has 0 radical (unpaired) electrons. The first-order valence-corrected chi connectivity index (χ1v) is 9.88. The normalized spacial score (nSPS) is 28.3. The molecular weight excluding hydrogens is 351 g/mol. The third kappa shape index (κ3) is 4.16. The molecule has 0 unspecified atom stereocenters. The number of carboxylic acid groups (broad SMARTS) is 1. The molecule has 0 amide bonds. The molecule has 12 heteroatoms. The number of aliphatic carboxylic acids is 1. The van der Waals surface area contributed by atoms with Gasteiger partial charge in [0.05, 0.1) is 6.04 Å². The van der Waals surface area contributed by atoms with Crippen molar-refractivity contribution >= 4 is 23.3 Å². The zero-order chi connectivity index (χ0) is 18.8.